The van der Waals surface area contributed by atoms with Gasteiger partial charge in [0.05, 0.1) is 11.7 Å². The predicted octanol–water partition coefficient (Wildman–Crippen LogP) is 1.50. The molecule has 1 amide bonds. The highest BCUT2D eigenvalue weighted by Crippen LogP contribution is 2.34. The topological polar surface area (TPSA) is 113 Å². The molecule has 0 spiro atoms. The van der Waals surface area contributed by atoms with Crippen LogP contribution in [-0.2, 0) is 0 Å². The number of aromatic nitrogens is 2. The Balaban J connectivity index is 1.71. The molecule has 126 valence electrons. The summed E-state index contributed by atoms with van der Waals surface area (Å²) in [6, 6.07) is 0.521. The van der Waals surface area contributed by atoms with Crippen LogP contribution < -0.4 is 16.4 Å². The molecular formula is C16H25N5O2. The van der Waals surface area contributed by atoms with Gasteiger partial charge in [0.2, 0.25) is 5.95 Å². The van der Waals surface area contributed by atoms with Crippen molar-refractivity contribution in [2.24, 2.45) is 11.7 Å². The highest BCUT2D eigenvalue weighted by atomic mass is 16.3. The maximum Gasteiger partial charge on any atom is 0.254 e. The summed E-state index contributed by atoms with van der Waals surface area (Å²) in [5.74, 6) is 1.12. The molecule has 7 nitrogen and oxygen atoms in total. The molecule has 1 atom stereocenters. The van der Waals surface area contributed by atoms with Gasteiger partial charge in [-0.25, -0.2) is 4.98 Å². The zero-order valence-electron chi connectivity index (χ0n) is 13.5. The van der Waals surface area contributed by atoms with E-state index in [4.69, 9.17) is 5.73 Å². The average molecular weight is 319 g/mol. The summed E-state index contributed by atoms with van der Waals surface area (Å²) >= 11 is 0. The van der Waals surface area contributed by atoms with Gasteiger partial charge < -0.3 is 21.5 Å². The van der Waals surface area contributed by atoms with E-state index in [1.54, 1.807) is 0 Å². The summed E-state index contributed by atoms with van der Waals surface area (Å²) in [5.41, 5.74) is 5.75. The number of nitrogens with two attached hydrogens (primary N) is 1. The van der Waals surface area contributed by atoms with E-state index < -0.39 is 5.91 Å². The summed E-state index contributed by atoms with van der Waals surface area (Å²) in [4.78, 5) is 20.3. The maximum absolute atomic E-state index is 11.6. The lowest BCUT2D eigenvalue weighted by atomic mass is 9.93. The van der Waals surface area contributed by atoms with Gasteiger partial charge in [-0.05, 0) is 51.4 Å². The van der Waals surface area contributed by atoms with Gasteiger partial charge in [0.15, 0.2) is 0 Å². The maximum atomic E-state index is 11.6. The zero-order valence-corrected chi connectivity index (χ0v) is 13.5. The third kappa shape index (κ3) is 4.10. The molecule has 2 fully saturated rings. The number of nitrogens with zero attached hydrogens (tertiary/aromatic N) is 2. The molecule has 0 radical (unpaired) electrons. The molecule has 3 rings (SSSR count). The number of carbonyl (C=O) groups is 1. The van der Waals surface area contributed by atoms with Crippen LogP contribution in [0.2, 0.25) is 0 Å². The SMILES string of the molecule is C[C@@H](Nc1nc(N[C@H]2CC[C@H](O)CC2)ncc1C(N)=O)C1CC1. The third-order valence-corrected chi connectivity index (χ3v) is 4.78. The zero-order chi connectivity index (χ0) is 16.4. The third-order valence-electron chi connectivity index (χ3n) is 4.78. The molecule has 1 aromatic heterocycles. The van der Waals surface area contributed by atoms with Crippen molar-refractivity contribution in [2.75, 3.05) is 10.6 Å². The van der Waals surface area contributed by atoms with Crippen molar-refractivity contribution in [3.8, 4) is 0 Å². The molecule has 23 heavy (non-hydrogen) atoms. The van der Waals surface area contributed by atoms with Gasteiger partial charge >= 0.3 is 0 Å². The molecule has 2 aliphatic carbocycles. The Bertz CT molecular complexity index is 568. The van der Waals surface area contributed by atoms with Crippen LogP contribution in [0.5, 0.6) is 0 Å². The summed E-state index contributed by atoms with van der Waals surface area (Å²) < 4.78 is 0. The Morgan fingerprint density at radius 3 is 2.61 bits per heavy atom. The van der Waals surface area contributed by atoms with Crippen LogP contribution in [0.3, 0.4) is 0 Å². The van der Waals surface area contributed by atoms with Gasteiger partial charge in [-0.2, -0.15) is 4.98 Å². The largest absolute Gasteiger partial charge is 0.393 e. The van der Waals surface area contributed by atoms with E-state index in [2.05, 4.69) is 27.5 Å². The number of hydrogen-bond donors (Lipinski definition) is 4. The number of hydrogen-bond acceptors (Lipinski definition) is 6. The van der Waals surface area contributed by atoms with Crippen molar-refractivity contribution >= 4 is 17.7 Å². The first-order valence-electron chi connectivity index (χ1n) is 8.41. The van der Waals surface area contributed by atoms with Crippen LogP contribution in [0.1, 0.15) is 55.8 Å². The van der Waals surface area contributed by atoms with E-state index in [-0.39, 0.29) is 18.2 Å². The lowest BCUT2D eigenvalue weighted by molar-refractivity contribution is 0.1000. The normalized spacial score (nSPS) is 25.7. The molecule has 0 bridgehead atoms. The fourth-order valence-corrected chi connectivity index (χ4v) is 3.07. The van der Waals surface area contributed by atoms with Gasteiger partial charge in [0.1, 0.15) is 5.82 Å². The van der Waals surface area contributed by atoms with E-state index >= 15 is 0 Å². The van der Waals surface area contributed by atoms with Gasteiger partial charge in [0.25, 0.3) is 5.91 Å². The summed E-state index contributed by atoms with van der Waals surface area (Å²) in [6.07, 6.45) is 7.08. The Labute approximate surface area is 136 Å². The van der Waals surface area contributed by atoms with Crippen molar-refractivity contribution in [2.45, 2.75) is 63.6 Å². The number of amides is 1. The van der Waals surface area contributed by atoms with Crippen LogP contribution >= 0.6 is 0 Å². The Morgan fingerprint density at radius 1 is 1.30 bits per heavy atom. The van der Waals surface area contributed by atoms with Crippen LogP contribution in [-0.4, -0.2) is 39.2 Å². The summed E-state index contributed by atoms with van der Waals surface area (Å²) in [5, 5.41) is 16.2. The van der Waals surface area contributed by atoms with Crippen molar-refractivity contribution in [1.82, 2.24) is 9.97 Å². The standard InChI is InChI=1S/C16H25N5O2/c1-9(10-2-3-10)19-15-13(14(17)23)8-18-16(21-15)20-11-4-6-12(22)7-5-11/h8-12,22H,2-7H2,1H3,(H2,17,23)(H2,18,19,20,21)/t9-,11-,12-/m1/s1. The lowest BCUT2D eigenvalue weighted by Crippen LogP contribution is -2.29. The molecule has 0 saturated heterocycles. The van der Waals surface area contributed by atoms with Crippen molar-refractivity contribution < 1.29 is 9.90 Å². The molecule has 1 heterocycles. The number of aliphatic hydroxyl groups is 1. The van der Waals surface area contributed by atoms with Gasteiger partial charge in [0, 0.05) is 18.3 Å². The minimum atomic E-state index is -0.525. The smallest absolute Gasteiger partial charge is 0.254 e. The predicted molar refractivity (Wildman–Crippen MR) is 88.2 cm³/mol. The van der Waals surface area contributed by atoms with E-state index in [0.717, 1.165) is 25.7 Å². The van der Waals surface area contributed by atoms with Crippen LogP contribution in [0.25, 0.3) is 0 Å². The molecule has 5 N–H and O–H groups in total. The lowest BCUT2D eigenvalue weighted by Gasteiger charge is -2.26. The Hall–Kier alpha value is -1.89. The van der Waals surface area contributed by atoms with Crippen molar-refractivity contribution in [3.05, 3.63) is 11.8 Å². The van der Waals surface area contributed by atoms with Gasteiger partial charge in [-0.3, -0.25) is 4.79 Å². The summed E-state index contributed by atoms with van der Waals surface area (Å²) in [6.45, 7) is 2.10. The van der Waals surface area contributed by atoms with Crippen molar-refractivity contribution in [3.63, 3.8) is 0 Å². The molecule has 7 heteroatoms. The van der Waals surface area contributed by atoms with Gasteiger partial charge in [-0.15, -0.1) is 0 Å². The van der Waals surface area contributed by atoms with E-state index in [0.29, 0.717) is 23.2 Å². The second-order valence-electron chi connectivity index (χ2n) is 6.74. The van der Waals surface area contributed by atoms with Crippen LogP contribution in [0.4, 0.5) is 11.8 Å². The first kappa shape index (κ1) is 16.0. The molecule has 2 saturated carbocycles. The summed E-state index contributed by atoms with van der Waals surface area (Å²) in [7, 11) is 0. The number of anilines is 2. The minimum Gasteiger partial charge on any atom is -0.393 e. The number of aliphatic hydroxyl groups excluding tert-OH is 1. The number of rotatable bonds is 6. The first-order chi connectivity index (χ1) is 11.0. The number of nitrogens with one attached hydrogen (secondary N) is 2. The number of primary amides is 1. The fraction of sp³-hybridized carbons (Fsp3) is 0.688. The molecule has 0 unspecified atom stereocenters. The molecule has 1 aromatic rings. The minimum absolute atomic E-state index is 0.192. The van der Waals surface area contributed by atoms with E-state index in [9.17, 15) is 9.90 Å². The highest BCUT2D eigenvalue weighted by Gasteiger charge is 2.29. The first-order valence-corrected chi connectivity index (χ1v) is 8.41. The molecule has 0 aliphatic heterocycles. The second-order valence-corrected chi connectivity index (χ2v) is 6.74. The van der Waals surface area contributed by atoms with Crippen LogP contribution in [0, 0.1) is 5.92 Å². The quantitative estimate of drug-likeness (QED) is 0.632. The molecule has 2 aliphatic rings. The van der Waals surface area contributed by atoms with Gasteiger partial charge in [-0.1, -0.05) is 0 Å². The second kappa shape index (κ2) is 6.70. The highest BCUT2D eigenvalue weighted by molar-refractivity contribution is 5.97. The number of carbonyl (C=O) groups excluding carboxylic acids is 1. The molecular weight excluding hydrogens is 294 g/mol. The monoisotopic (exact) mass is 319 g/mol. The van der Waals surface area contributed by atoms with Crippen LogP contribution in [0.15, 0.2) is 6.20 Å². The average Bonchev–Trinajstić information content (AvgIpc) is 3.34. The fourth-order valence-electron chi connectivity index (χ4n) is 3.07. The van der Waals surface area contributed by atoms with E-state index in [1.165, 1.54) is 19.0 Å². The Morgan fingerprint density at radius 2 is 2.00 bits per heavy atom. The Kier molecular flexibility index (Phi) is 4.66. The van der Waals surface area contributed by atoms with E-state index in [1.807, 2.05) is 0 Å². The molecule has 0 aromatic carbocycles. The van der Waals surface area contributed by atoms with Crippen molar-refractivity contribution in [1.29, 1.82) is 0 Å².